The quantitative estimate of drug-likeness (QED) is 0.544. The van der Waals surface area contributed by atoms with Gasteiger partial charge in [-0.05, 0) is 53.1 Å². The summed E-state index contributed by atoms with van der Waals surface area (Å²) in [6.45, 7) is 6.05. The number of benzene rings is 2. The molecule has 2 fully saturated rings. The smallest absolute Gasteiger partial charge is 0.251 e. The van der Waals surface area contributed by atoms with Crippen LogP contribution in [0.5, 0.6) is 0 Å². The van der Waals surface area contributed by atoms with E-state index in [0.717, 1.165) is 42.6 Å². The monoisotopic (exact) mass is 484 g/mol. The van der Waals surface area contributed by atoms with Gasteiger partial charge in [-0.15, -0.1) is 0 Å². The number of halogens is 1. The molecule has 1 saturated heterocycles. The van der Waals surface area contributed by atoms with Crippen LogP contribution in [0.4, 0.5) is 10.2 Å². The van der Waals surface area contributed by atoms with Crippen molar-refractivity contribution in [3.63, 3.8) is 0 Å². The molecule has 6 rings (SSSR count). The van der Waals surface area contributed by atoms with Gasteiger partial charge in [-0.2, -0.15) is 4.39 Å². The standard InChI is InChI=1S/C29H29FN4O2/c1-16(2)28(36)34-14-21-13-29(21,15-34)20-6-3-17(4-7-20)23-12-24(26(31)33-25(23)30)18-5-8-22-19(11-18)9-10-32-27(22)35/h3-8,11-12,16,21H,9-10,13-15H2,1-2H3,(H2,31,33)(H,32,35)/t21-,29+/m1/s1. The molecule has 2 amide bonds. The first-order valence-corrected chi connectivity index (χ1v) is 12.5. The molecule has 7 heteroatoms. The first kappa shape index (κ1) is 22.7. The number of hydrogen-bond acceptors (Lipinski definition) is 4. The Balaban J connectivity index is 1.30. The minimum absolute atomic E-state index is 0.00406. The van der Waals surface area contributed by atoms with Crippen LogP contribution in [0.1, 0.15) is 41.8 Å². The summed E-state index contributed by atoms with van der Waals surface area (Å²) in [5.74, 6) is 0.142. The van der Waals surface area contributed by atoms with E-state index in [-0.39, 0.29) is 29.0 Å². The van der Waals surface area contributed by atoms with Gasteiger partial charge in [0.05, 0.1) is 0 Å². The SMILES string of the molecule is CC(C)C(=O)N1C[C@H]2C[C@@]2(c2ccc(-c3cc(-c4ccc5c(c4)CCNC5=O)c(N)nc3F)cc2)C1. The van der Waals surface area contributed by atoms with Crippen molar-refractivity contribution in [2.24, 2.45) is 11.8 Å². The Morgan fingerprint density at radius 1 is 1.11 bits per heavy atom. The van der Waals surface area contributed by atoms with Crippen LogP contribution in [0.25, 0.3) is 22.3 Å². The number of nitrogens with one attached hydrogen (secondary N) is 1. The van der Waals surface area contributed by atoms with E-state index in [2.05, 4.69) is 22.4 Å². The zero-order valence-corrected chi connectivity index (χ0v) is 20.5. The largest absolute Gasteiger partial charge is 0.383 e. The van der Waals surface area contributed by atoms with Gasteiger partial charge in [0.2, 0.25) is 11.9 Å². The third-order valence-electron chi connectivity index (χ3n) is 8.07. The minimum Gasteiger partial charge on any atom is -0.383 e. The van der Waals surface area contributed by atoms with Crippen molar-refractivity contribution in [1.82, 2.24) is 15.2 Å². The molecular weight excluding hydrogens is 455 g/mol. The summed E-state index contributed by atoms with van der Waals surface area (Å²) in [5, 5.41) is 2.84. The highest BCUT2D eigenvalue weighted by Gasteiger charge is 2.61. The molecule has 3 aromatic rings. The van der Waals surface area contributed by atoms with E-state index in [1.807, 2.05) is 43.0 Å². The number of amides is 2. The molecule has 3 aliphatic rings. The summed E-state index contributed by atoms with van der Waals surface area (Å²) >= 11 is 0. The van der Waals surface area contributed by atoms with Crippen molar-refractivity contribution in [1.29, 1.82) is 0 Å². The topological polar surface area (TPSA) is 88.3 Å². The molecule has 1 aromatic heterocycles. The number of rotatable bonds is 4. The zero-order chi connectivity index (χ0) is 25.2. The Morgan fingerprint density at radius 3 is 2.61 bits per heavy atom. The fraction of sp³-hybridized carbons (Fsp3) is 0.345. The second-order valence-corrected chi connectivity index (χ2v) is 10.6. The van der Waals surface area contributed by atoms with E-state index < -0.39 is 5.95 Å². The van der Waals surface area contributed by atoms with Gasteiger partial charge in [-0.1, -0.05) is 50.2 Å². The van der Waals surface area contributed by atoms with E-state index in [9.17, 15) is 14.0 Å². The molecule has 1 saturated carbocycles. The van der Waals surface area contributed by atoms with Gasteiger partial charge in [0.1, 0.15) is 5.82 Å². The van der Waals surface area contributed by atoms with E-state index >= 15 is 0 Å². The molecule has 36 heavy (non-hydrogen) atoms. The highest BCUT2D eigenvalue weighted by Crippen LogP contribution is 2.59. The van der Waals surface area contributed by atoms with Gasteiger partial charge in [0.25, 0.3) is 5.91 Å². The molecule has 1 aliphatic carbocycles. The normalized spacial score (nSPS) is 22.3. The molecule has 0 bridgehead atoms. The molecule has 2 aliphatic heterocycles. The third kappa shape index (κ3) is 3.56. The fourth-order valence-electron chi connectivity index (χ4n) is 5.98. The predicted octanol–water partition coefficient (Wildman–Crippen LogP) is 4.18. The molecule has 3 N–H and O–H groups in total. The number of piperidine rings is 1. The van der Waals surface area contributed by atoms with E-state index in [0.29, 0.717) is 29.2 Å². The number of carbonyl (C=O) groups is 2. The van der Waals surface area contributed by atoms with Crippen molar-refractivity contribution in [3.05, 3.63) is 71.2 Å². The lowest BCUT2D eigenvalue weighted by Crippen LogP contribution is -2.35. The highest BCUT2D eigenvalue weighted by atomic mass is 19.1. The molecular formula is C29H29FN4O2. The van der Waals surface area contributed by atoms with Crippen molar-refractivity contribution in [2.45, 2.75) is 32.1 Å². The number of carbonyl (C=O) groups excluding carboxylic acids is 2. The Morgan fingerprint density at radius 2 is 1.86 bits per heavy atom. The van der Waals surface area contributed by atoms with Crippen LogP contribution < -0.4 is 11.1 Å². The molecule has 6 nitrogen and oxygen atoms in total. The Bertz CT molecular complexity index is 1400. The van der Waals surface area contributed by atoms with Gasteiger partial charge in [-0.25, -0.2) is 4.98 Å². The second-order valence-electron chi connectivity index (χ2n) is 10.6. The number of nitrogen functional groups attached to an aromatic ring is 1. The van der Waals surface area contributed by atoms with Crippen LogP contribution >= 0.6 is 0 Å². The molecule has 0 spiro atoms. The number of hydrogen-bond donors (Lipinski definition) is 2. The summed E-state index contributed by atoms with van der Waals surface area (Å²) < 4.78 is 15.0. The molecule has 2 aromatic carbocycles. The lowest BCUT2D eigenvalue weighted by molar-refractivity contribution is -0.133. The molecule has 0 unspecified atom stereocenters. The van der Waals surface area contributed by atoms with Crippen LogP contribution in [0.3, 0.4) is 0 Å². The highest BCUT2D eigenvalue weighted by molar-refractivity contribution is 5.97. The van der Waals surface area contributed by atoms with Crippen molar-refractivity contribution >= 4 is 17.6 Å². The van der Waals surface area contributed by atoms with Gasteiger partial charge in [0.15, 0.2) is 0 Å². The average molecular weight is 485 g/mol. The Hall–Kier alpha value is -3.74. The van der Waals surface area contributed by atoms with Crippen molar-refractivity contribution < 1.29 is 14.0 Å². The molecule has 2 atom stereocenters. The summed E-state index contributed by atoms with van der Waals surface area (Å²) in [7, 11) is 0. The summed E-state index contributed by atoms with van der Waals surface area (Å²) in [4.78, 5) is 30.6. The Kier molecular flexibility index (Phi) is 5.14. The first-order valence-electron chi connectivity index (χ1n) is 12.5. The Labute approximate surface area is 209 Å². The van der Waals surface area contributed by atoms with E-state index in [1.54, 1.807) is 12.1 Å². The first-order chi connectivity index (χ1) is 17.3. The lowest BCUT2D eigenvalue weighted by Gasteiger charge is -2.23. The van der Waals surface area contributed by atoms with Gasteiger partial charge < -0.3 is 16.0 Å². The number of nitrogens with two attached hydrogens (primary N) is 1. The van der Waals surface area contributed by atoms with E-state index in [4.69, 9.17) is 5.73 Å². The lowest BCUT2D eigenvalue weighted by atomic mass is 9.92. The molecule has 3 heterocycles. The number of pyridine rings is 1. The third-order valence-corrected chi connectivity index (χ3v) is 8.07. The fourth-order valence-corrected chi connectivity index (χ4v) is 5.98. The number of fused-ring (bicyclic) bond motifs is 2. The van der Waals surface area contributed by atoms with Crippen LogP contribution in [-0.4, -0.2) is 41.3 Å². The zero-order valence-electron chi connectivity index (χ0n) is 20.5. The van der Waals surface area contributed by atoms with Gasteiger partial charge in [-0.3, -0.25) is 9.59 Å². The summed E-state index contributed by atoms with van der Waals surface area (Å²) in [5.41, 5.74) is 11.5. The van der Waals surface area contributed by atoms with Crippen LogP contribution in [0.2, 0.25) is 0 Å². The van der Waals surface area contributed by atoms with Gasteiger partial charge in [0, 0.05) is 47.7 Å². The minimum atomic E-state index is -0.613. The average Bonchev–Trinajstić information content (AvgIpc) is 3.44. The second kappa shape index (κ2) is 8.15. The maximum Gasteiger partial charge on any atom is 0.251 e. The van der Waals surface area contributed by atoms with Crippen molar-refractivity contribution in [3.8, 4) is 22.3 Å². The van der Waals surface area contributed by atoms with Crippen LogP contribution in [0, 0.1) is 17.8 Å². The number of nitrogens with zero attached hydrogens (tertiary/aromatic N) is 2. The number of anilines is 1. The predicted molar refractivity (Wildman–Crippen MR) is 137 cm³/mol. The van der Waals surface area contributed by atoms with Crippen molar-refractivity contribution in [2.75, 3.05) is 25.4 Å². The summed E-state index contributed by atoms with van der Waals surface area (Å²) in [6, 6.07) is 15.3. The van der Waals surface area contributed by atoms with Crippen LogP contribution in [-0.2, 0) is 16.6 Å². The number of aromatic nitrogens is 1. The van der Waals surface area contributed by atoms with Crippen LogP contribution in [0.15, 0.2) is 48.5 Å². The summed E-state index contributed by atoms with van der Waals surface area (Å²) in [6.07, 6.45) is 1.83. The molecule has 184 valence electrons. The molecule has 0 radical (unpaired) electrons. The number of likely N-dealkylation sites (tertiary alicyclic amines) is 1. The maximum atomic E-state index is 15.0. The van der Waals surface area contributed by atoms with E-state index in [1.165, 1.54) is 5.56 Å². The maximum absolute atomic E-state index is 15.0. The van der Waals surface area contributed by atoms with Gasteiger partial charge >= 0.3 is 0 Å².